The second-order valence-electron chi connectivity index (χ2n) is 6.92. The maximum Gasteiger partial charge on any atom is 0.281 e. The van der Waals surface area contributed by atoms with Gasteiger partial charge in [-0.15, -0.1) is 0 Å². The fourth-order valence-corrected chi connectivity index (χ4v) is 3.48. The van der Waals surface area contributed by atoms with Crippen molar-refractivity contribution in [2.45, 2.75) is 13.5 Å². The Morgan fingerprint density at radius 2 is 1.76 bits per heavy atom. The van der Waals surface area contributed by atoms with E-state index in [0.717, 1.165) is 0 Å². The Balaban J connectivity index is 1.51. The first-order chi connectivity index (χ1) is 16.3. The summed E-state index contributed by atoms with van der Waals surface area (Å²) in [6.07, 6.45) is 1.38. The van der Waals surface area contributed by atoms with Crippen LogP contribution in [-0.4, -0.2) is 17.6 Å². The van der Waals surface area contributed by atoms with Crippen LogP contribution in [0, 0.1) is 23.3 Å². The van der Waals surface area contributed by atoms with E-state index >= 15 is 0 Å². The number of rotatable bonds is 7. The highest BCUT2D eigenvalue weighted by Gasteiger charge is 2.34. The van der Waals surface area contributed by atoms with E-state index in [1.54, 1.807) is 24.3 Å². The smallest absolute Gasteiger partial charge is 0.281 e. The molecule has 0 spiro atoms. The molecule has 2 aromatic carbocycles. The molecule has 0 unspecified atom stereocenters. The molecule has 1 fully saturated rings. The molecular weight excluding hydrogens is 476 g/mol. The Labute approximate surface area is 196 Å². The fourth-order valence-electron chi connectivity index (χ4n) is 3.19. The molecule has 2 heterocycles. The maximum atomic E-state index is 13.7. The van der Waals surface area contributed by atoms with E-state index in [4.69, 9.17) is 26.1 Å². The van der Waals surface area contributed by atoms with Gasteiger partial charge >= 0.3 is 0 Å². The minimum atomic E-state index is -1.66. The highest BCUT2D eigenvalue weighted by Crippen LogP contribution is 2.32. The van der Waals surface area contributed by atoms with Gasteiger partial charge in [0.2, 0.25) is 11.6 Å². The summed E-state index contributed by atoms with van der Waals surface area (Å²) in [5.74, 6) is -7.38. The summed E-state index contributed by atoms with van der Waals surface area (Å²) in [5, 5.41) is 2.94. The van der Waals surface area contributed by atoms with Crippen molar-refractivity contribution in [3.8, 4) is 11.5 Å². The zero-order chi connectivity index (χ0) is 24.4. The van der Waals surface area contributed by atoms with Gasteiger partial charge in [-0.1, -0.05) is 12.1 Å². The Hall–Kier alpha value is -3.86. The molecule has 3 aromatic rings. The van der Waals surface area contributed by atoms with Crippen molar-refractivity contribution in [2.24, 2.45) is 0 Å². The Morgan fingerprint density at radius 1 is 1.06 bits per heavy atom. The summed E-state index contributed by atoms with van der Waals surface area (Å²) in [6.45, 7) is 1.69. The van der Waals surface area contributed by atoms with Crippen LogP contribution in [-0.2, 0) is 11.4 Å². The van der Waals surface area contributed by atoms with Crippen LogP contribution in [0.15, 0.2) is 52.6 Å². The van der Waals surface area contributed by atoms with E-state index in [1.807, 2.05) is 6.92 Å². The summed E-state index contributed by atoms with van der Waals surface area (Å²) in [5.41, 5.74) is 0.581. The zero-order valence-corrected chi connectivity index (χ0v) is 18.3. The van der Waals surface area contributed by atoms with Crippen molar-refractivity contribution in [1.82, 2.24) is 5.32 Å². The quantitative estimate of drug-likeness (QED) is 0.215. The van der Waals surface area contributed by atoms with E-state index in [0.29, 0.717) is 18.0 Å². The normalized spacial score (nSPS) is 14.6. The molecule has 0 bridgehead atoms. The molecule has 0 atom stereocenters. The number of anilines is 1. The Bertz CT molecular complexity index is 1280. The predicted molar refractivity (Wildman–Crippen MR) is 118 cm³/mol. The number of hydrogen-bond acceptors (Lipinski definition) is 5. The topological polar surface area (TPSA) is 63.9 Å². The van der Waals surface area contributed by atoms with Gasteiger partial charge in [0.1, 0.15) is 29.6 Å². The van der Waals surface area contributed by atoms with Gasteiger partial charge in [-0.2, -0.15) is 8.78 Å². The van der Waals surface area contributed by atoms with Crippen LogP contribution < -0.4 is 19.7 Å². The molecule has 0 saturated carbocycles. The fraction of sp³-hybridized carbons (Fsp3) is 0.130. The van der Waals surface area contributed by atoms with Crippen LogP contribution in [0.4, 0.5) is 23.2 Å². The molecule has 0 aliphatic carbocycles. The highest BCUT2D eigenvalue weighted by molar-refractivity contribution is 7.80. The average Bonchev–Trinajstić information content (AvgIpc) is 3.37. The third-order valence-corrected chi connectivity index (χ3v) is 4.97. The average molecular weight is 492 g/mol. The molecule has 1 aliphatic rings. The first-order valence-electron chi connectivity index (χ1n) is 9.93. The van der Waals surface area contributed by atoms with Crippen LogP contribution >= 0.6 is 12.2 Å². The SMILES string of the molecule is CCOc1ccccc1N1C(=O)/C(=C\c2ccc(COc3c(F)c(F)cc(F)c3F)o2)NC1=S. The van der Waals surface area contributed by atoms with E-state index in [-0.39, 0.29) is 28.4 Å². The monoisotopic (exact) mass is 492 g/mol. The molecule has 1 aromatic heterocycles. The number of ether oxygens (including phenoxy) is 2. The van der Waals surface area contributed by atoms with E-state index in [9.17, 15) is 22.4 Å². The molecule has 1 amide bonds. The molecular formula is C23H16F4N2O4S. The van der Waals surface area contributed by atoms with Crippen molar-refractivity contribution in [3.63, 3.8) is 0 Å². The number of hydrogen-bond donors (Lipinski definition) is 1. The zero-order valence-electron chi connectivity index (χ0n) is 17.5. The van der Waals surface area contributed by atoms with Gasteiger partial charge in [0, 0.05) is 12.1 Å². The van der Waals surface area contributed by atoms with E-state index in [2.05, 4.69) is 5.32 Å². The van der Waals surface area contributed by atoms with Gasteiger partial charge in [-0.05, 0) is 43.4 Å². The van der Waals surface area contributed by atoms with Crippen LogP contribution in [0.2, 0.25) is 0 Å². The predicted octanol–water partition coefficient (Wildman–Crippen LogP) is 5.08. The van der Waals surface area contributed by atoms with Crippen molar-refractivity contribution >= 4 is 35.0 Å². The molecule has 176 valence electrons. The van der Waals surface area contributed by atoms with Crippen molar-refractivity contribution in [1.29, 1.82) is 0 Å². The van der Waals surface area contributed by atoms with Gasteiger partial charge in [0.05, 0.1) is 12.3 Å². The second kappa shape index (κ2) is 9.56. The molecule has 11 heteroatoms. The van der Waals surface area contributed by atoms with Gasteiger partial charge < -0.3 is 19.2 Å². The van der Waals surface area contributed by atoms with Crippen LogP contribution in [0.25, 0.3) is 6.08 Å². The number of para-hydroxylation sites is 2. The number of benzene rings is 2. The molecule has 1 N–H and O–H groups in total. The number of nitrogens with zero attached hydrogens (tertiary/aromatic N) is 1. The van der Waals surface area contributed by atoms with Gasteiger partial charge in [-0.25, -0.2) is 13.7 Å². The minimum absolute atomic E-state index is 0.0841. The summed E-state index contributed by atoms with van der Waals surface area (Å²) >= 11 is 5.30. The summed E-state index contributed by atoms with van der Waals surface area (Å²) < 4.78 is 70.0. The third-order valence-electron chi connectivity index (χ3n) is 4.68. The number of furan rings is 1. The third kappa shape index (κ3) is 4.46. The lowest BCUT2D eigenvalue weighted by Crippen LogP contribution is -2.30. The summed E-state index contributed by atoms with van der Waals surface area (Å²) in [6, 6.07) is 9.88. The van der Waals surface area contributed by atoms with Gasteiger partial charge in [0.25, 0.3) is 5.91 Å². The maximum absolute atomic E-state index is 13.7. The number of halogens is 4. The van der Waals surface area contributed by atoms with Crippen LogP contribution in [0.3, 0.4) is 0 Å². The number of nitrogens with one attached hydrogen (secondary N) is 1. The number of thiocarbonyl (C=S) groups is 1. The van der Waals surface area contributed by atoms with Gasteiger partial charge in [-0.3, -0.25) is 4.79 Å². The lowest BCUT2D eigenvalue weighted by molar-refractivity contribution is -0.113. The highest BCUT2D eigenvalue weighted by atomic mass is 32.1. The van der Waals surface area contributed by atoms with Crippen LogP contribution in [0.1, 0.15) is 18.4 Å². The van der Waals surface area contributed by atoms with E-state index < -0.39 is 41.5 Å². The standard InChI is InChI=1S/C23H16F4N2O4S/c1-2-31-18-6-4-3-5-17(18)29-22(30)16(28-23(29)34)9-12-7-8-13(33-12)11-32-21-19(26)14(24)10-15(25)20(21)27/h3-10H,2,11H2,1H3,(H,28,34)/b16-9+. The molecule has 4 rings (SSSR count). The molecule has 34 heavy (non-hydrogen) atoms. The van der Waals surface area contributed by atoms with Crippen molar-refractivity contribution in [2.75, 3.05) is 11.5 Å². The largest absolute Gasteiger partial charge is 0.492 e. The van der Waals surface area contributed by atoms with E-state index in [1.165, 1.54) is 23.1 Å². The first kappa shape index (κ1) is 23.3. The van der Waals surface area contributed by atoms with Gasteiger partial charge in [0.15, 0.2) is 22.5 Å². The lowest BCUT2D eigenvalue weighted by Gasteiger charge is -2.17. The second-order valence-corrected chi connectivity index (χ2v) is 7.31. The number of carbonyl (C=O) groups is 1. The number of amides is 1. The summed E-state index contributed by atoms with van der Waals surface area (Å²) in [4.78, 5) is 14.2. The first-order valence-corrected chi connectivity index (χ1v) is 10.3. The minimum Gasteiger partial charge on any atom is -0.492 e. The molecule has 6 nitrogen and oxygen atoms in total. The Kier molecular flexibility index (Phi) is 6.55. The lowest BCUT2D eigenvalue weighted by atomic mass is 10.2. The Morgan fingerprint density at radius 3 is 2.47 bits per heavy atom. The number of carbonyl (C=O) groups excluding carboxylic acids is 1. The molecule has 1 saturated heterocycles. The summed E-state index contributed by atoms with van der Waals surface area (Å²) in [7, 11) is 0. The molecule has 1 aliphatic heterocycles. The molecule has 0 radical (unpaired) electrons. The van der Waals surface area contributed by atoms with Crippen molar-refractivity contribution < 1.29 is 36.2 Å². The van der Waals surface area contributed by atoms with Crippen molar-refractivity contribution in [3.05, 3.63) is 83.0 Å². The van der Waals surface area contributed by atoms with Crippen LogP contribution in [0.5, 0.6) is 11.5 Å².